The van der Waals surface area contributed by atoms with E-state index in [-0.39, 0.29) is 5.91 Å². The van der Waals surface area contributed by atoms with E-state index in [2.05, 4.69) is 0 Å². The van der Waals surface area contributed by atoms with Gasteiger partial charge in [-0.05, 0) is 13.3 Å². The quantitative estimate of drug-likeness (QED) is 0.607. The van der Waals surface area contributed by atoms with Gasteiger partial charge in [-0.15, -0.1) is 0 Å². The van der Waals surface area contributed by atoms with Crippen LogP contribution in [0, 0.1) is 0 Å². The van der Waals surface area contributed by atoms with E-state index in [0.29, 0.717) is 13.0 Å². The molecule has 0 fully saturated rings. The van der Waals surface area contributed by atoms with Crippen LogP contribution in [0.2, 0.25) is 0 Å². The molecule has 1 unspecified atom stereocenters. The van der Waals surface area contributed by atoms with Crippen LogP contribution in [-0.2, 0) is 4.79 Å². The predicted octanol–water partition coefficient (Wildman–Crippen LogP) is -0.437. The van der Waals surface area contributed by atoms with Crippen molar-refractivity contribution < 1.29 is 9.90 Å². The molecule has 0 aliphatic rings. The molecule has 1 amide bonds. The summed E-state index contributed by atoms with van der Waals surface area (Å²) in [5.41, 5.74) is 5.52. The summed E-state index contributed by atoms with van der Waals surface area (Å²) >= 11 is 0. The summed E-state index contributed by atoms with van der Waals surface area (Å²) in [5, 5.41) is 8.99. The zero-order valence-electron chi connectivity index (χ0n) is 7.95. The standard InChI is InChI=1S/C8H18N2O2/c1-4-7(9)8(12)10(3)5-6(2)11/h6-7,11H,4-5,9H2,1-3H3/t6?,7-/m1/s1. The van der Waals surface area contributed by atoms with E-state index in [4.69, 9.17) is 10.8 Å². The lowest BCUT2D eigenvalue weighted by Gasteiger charge is -2.21. The van der Waals surface area contributed by atoms with Gasteiger partial charge in [0.25, 0.3) is 0 Å². The molecular weight excluding hydrogens is 156 g/mol. The molecule has 2 atom stereocenters. The first-order valence-electron chi connectivity index (χ1n) is 4.17. The maximum Gasteiger partial charge on any atom is 0.239 e. The van der Waals surface area contributed by atoms with Crippen molar-refractivity contribution in [3.63, 3.8) is 0 Å². The number of rotatable bonds is 4. The lowest BCUT2D eigenvalue weighted by Crippen LogP contribution is -2.43. The number of aliphatic hydroxyl groups is 1. The Morgan fingerprint density at radius 2 is 2.17 bits per heavy atom. The first kappa shape index (κ1) is 11.4. The largest absolute Gasteiger partial charge is 0.392 e. The van der Waals surface area contributed by atoms with E-state index in [9.17, 15) is 4.79 Å². The molecule has 0 aromatic carbocycles. The Kier molecular flexibility index (Phi) is 4.85. The van der Waals surface area contributed by atoms with E-state index in [1.807, 2.05) is 6.92 Å². The van der Waals surface area contributed by atoms with Crippen LogP contribution < -0.4 is 5.73 Å². The molecule has 0 radical (unpaired) electrons. The third kappa shape index (κ3) is 3.69. The summed E-state index contributed by atoms with van der Waals surface area (Å²) in [4.78, 5) is 12.8. The van der Waals surface area contributed by atoms with Gasteiger partial charge in [0.15, 0.2) is 0 Å². The Bertz CT molecular complexity index is 148. The maximum absolute atomic E-state index is 11.3. The first-order chi connectivity index (χ1) is 5.49. The lowest BCUT2D eigenvalue weighted by atomic mass is 10.2. The minimum absolute atomic E-state index is 0.113. The second-order valence-electron chi connectivity index (χ2n) is 3.08. The number of aliphatic hydroxyl groups excluding tert-OH is 1. The summed E-state index contributed by atoms with van der Waals surface area (Å²) in [6.07, 6.45) is 0.131. The van der Waals surface area contributed by atoms with Crippen molar-refractivity contribution in [2.24, 2.45) is 5.73 Å². The molecule has 0 bridgehead atoms. The monoisotopic (exact) mass is 174 g/mol. The van der Waals surface area contributed by atoms with Gasteiger partial charge in [-0.1, -0.05) is 6.92 Å². The van der Waals surface area contributed by atoms with Crippen molar-refractivity contribution in [3.8, 4) is 0 Å². The highest BCUT2D eigenvalue weighted by Gasteiger charge is 2.16. The number of carbonyl (C=O) groups excluding carboxylic acids is 1. The van der Waals surface area contributed by atoms with Gasteiger partial charge in [-0.3, -0.25) is 4.79 Å². The summed E-state index contributed by atoms with van der Waals surface area (Å²) < 4.78 is 0. The molecule has 0 aliphatic carbocycles. The normalized spacial score (nSPS) is 15.4. The van der Waals surface area contributed by atoms with Gasteiger partial charge in [0.05, 0.1) is 12.1 Å². The molecule has 0 aliphatic heterocycles. The highest BCUT2D eigenvalue weighted by atomic mass is 16.3. The molecular formula is C8H18N2O2. The number of carbonyl (C=O) groups is 1. The minimum atomic E-state index is -0.497. The van der Waals surface area contributed by atoms with Crippen LogP contribution in [0.5, 0.6) is 0 Å². The van der Waals surface area contributed by atoms with Crippen LogP contribution in [0.15, 0.2) is 0 Å². The van der Waals surface area contributed by atoms with Gasteiger partial charge in [-0.2, -0.15) is 0 Å². The average molecular weight is 174 g/mol. The SMILES string of the molecule is CC[C@@H](N)C(=O)N(C)CC(C)O. The number of hydrogen-bond acceptors (Lipinski definition) is 3. The van der Waals surface area contributed by atoms with Gasteiger partial charge < -0.3 is 15.7 Å². The molecule has 12 heavy (non-hydrogen) atoms. The van der Waals surface area contributed by atoms with Crippen molar-refractivity contribution >= 4 is 5.91 Å². The third-order valence-corrected chi connectivity index (χ3v) is 1.67. The van der Waals surface area contributed by atoms with E-state index < -0.39 is 12.1 Å². The highest BCUT2D eigenvalue weighted by Crippen LogP contribution is 1.95. The molecule has 0 saturated carbocycles. The van der Waals surface area contributed by atoms with E-state index in [1.165, 1.54) is 4.90 Å². The topological polar surface area (TPSA) is 66.6 Å². The van der Waals surface area contributed by atoms with Gasteiger partial charge in [0, 0.05) is 13.6 Å². The van der Waals surface area contributed by atoms with Crippen molar-refractivity contribution in [2.45, 2.75) is 32.4 Å². The van der Waals surface area contributed by atoms with Crippen molar-refractivity contribution in [3.05, 3.63) is 0 Å². The zero-order chi connectivity index (χ0) is 9.72. The third-order valence-electron chi connectivity index (χ3n) is 1.67. The minimum Gasteiger partial charge on any atom is -0.392 e. The fraction of sp³-hybridized carbons (Fsp3) is 0.875. The Balaban J connectivity index is 3.92. The average Bonchev–Trinajstić information content (AvgIpc) is 2.00. The Hall–Kier alpha value is -0.610. The van der Waals surface area contributed by atoms with Gasteiger partial charge in [-0.25, -0.2) is 0 Å². The second-order valence-corrected chi connectivity index (χ2v) is 3.08. The van der Waals surface area contributed by atoms with Crippen LogP contribution in [0.4, 0.5) is 0 Å². The molecule has 3 N–H and O–H groups in total. The number of hydrogen-bond donors (Lipinski definition) is 2. The molecule has 0 aromatic rings. The summed E-state index contributed by atoms with van der Waals surface area (Å²) in [6.45, 7) is 3.84. The van der Waals surface area contributed by atoms with E-state index in [1.54, 1.807) is 14.0 Å². The number of nitrogens with zero attached hydrogens (tertiary/aromatic N) is 1. The van der Waals surface area contributed by atoms with Gasteiger partial charge in [0.1, 0.15) is 0 Å². The zero-order valence-corrected chi connectivity index (χ0v) is 7.95. The molecule has 0 aromatic heterocycles. The Morgan fingerprint density at radius 3 is 2.50 bits per heavy atom. The summed E-state index contributed by atoms with van der Waals surface area (Å²) in [7, 11) is 1.64. The highest BCUT2D eigenvalue weighted by molar-refractivity contribution is 5.81. The Morgan fingerprint density at radius 1 is 1.67 bits per heavy atom. The molecule has 0 saturated heterocycles. The molecule has 4 nitrogen and oxygen atoms in total. The molecule has 72 valence electrons. The van der Waals surface area contributed by atoms with Crippen molar-refractivity contribution in [2.75, 3.05) is 13.6 Å². The number of likely N-dealkylation sites (N-methyl/N-ethyl adjacent to an activating group) is 1. The number of nitrogens with two attached hydrogens (primary N) is 1. The van der Waals surface area contributed by atoms with Crippen LogP contribution in [-0.4, -0.2) is 41.7 Å². The van der Waals surface area contributed by atoms with Crippen LogP contribution in [0.25, 0.3) is 0 Å². The predicted molar refractivity (Wildman–Crippen MR) is 47.6 cm³/mol. The van der Waals surface area contributed by atoms with Gasteiger partial charge >= 0.3 is 0 Å². The van der Waals surface area contributed by atoms with E-state index in [0.717, 1.165) is 0 Å². The first-order valence-corrected chi connectivity index (χ1v) is 4.17. The van der Waals surface area contributed by atoms with Crippen molar-refractivity contribution in [1.82, 2.24) is 4.90 Å². The van der Waals surface area contributed by atoms with E-state index >= 15 is 0 Å². The number of amides is 1. The molecule has 0 heterocycles. The summed E-state index contributed by atoms with van der Waals surface area (Å²) in [5.74, 6) is -0.113. The molecule has 4 heteroatoms. The summed E-state index contributed by atoms with van der Waals surface area (Å²) in [6, 6.07) is -0.436. The maximum atomic E-state index is 11.3. The van der Waals surface area contributed by atoms with Crippen LogP contribution >= 0.6 is 0 Å². The van der Waals surface area contributed by atoms with Crippen LogP contribution in [0.1, 0.15) is 20.3 Å². The van der Waals surface area contributed by atoms with Crippen molar-refractivity contribution in [1.29, 1.82) is 0 Å². The van der Waals surface area contributed by atoms with Crippen LogP contribution in [0.3, 0.4) is 0 Å². The second kappa shape index (κ2) is 5.11. The smallest absolute Gasteiger partial charge is 0.239 e. The van der Waals surface area contributed by atoms with Gasteiger partial charge in [0.2, 0.25) is 5.91 Å². The fourth-order valence-electron chi connectivity index (χ4n) is 0.944. The molecule has 0 rings (SSSR count). The fourth-order valence-corrected chi connectivity index (χ4v) is 0.944. The lowest BCUT2D eigenvalue weighted by molar-refractivity contribution is -0.132. The Labute approximate surface area is 73.3 Å². The molecule has 0 spiro atoms.